The maximum absolute atomic E-state index is 11.8. The molecule has 0 bridgehead atoms. The van der Waals surface area contributed by atoms with Crippen LogP contribution in [0.15, 0.2) is 24.5 Å². The van der Waals surface area contributed by atoms with E-state index in [4.69, 9.17) is 4.74 Å². The Labute approximate surface area is 146 Å². The first-order valence-electron chi connectivity index (χ1n) is 9.28. The number of Topliss-reactive ketones (excluding diaryl/α,β-unsaturated/α-hetero) is 1. The van der Waals surface area contributed by atoms with Crippen LogP contribution in [0.5, 0.6) is 0 Å². The molecule has 1 aromatic heterocycles. The van der Waals surface area contributed by atoms with Crippen molar-refractivity contribution < 1.29 is 14.3 Å². The van der Waals surface area contributed by atoms with E-state index in [1.165, 1.54) is 44.9 Å². The summed E-state index contributed by atoms with van der Waals surface area (Å²) in [6, 6.07) is 3.63. The fraction of sp³-hybridized carbons (Fsp3) is 0.650. The first-order valence-corrected chi connectivity index (χ1v) is 9.28. The molecule has 0 aliphatic rings. The largest absolute Gasteiger partial charge is 0.460 e. The van der Waals surface area contributed by atoms with Crippen LogP contribution in [0.3, 0.4) is 0 Å². The van der Waals surface area contributed by atoms with Gasteiger partial charge in [0.1, 0.15) is 18.8 Å². The molecular formula is C20H31NO3. The summed E-state index contributed by atoms with van der Waals surface area (Å²) in [5.41, 5.74) is 0.831. The van der Waals surface area contributed by atoms with E-state index in [1.54, 1.807) is 18.5 Å². The van der Waals surface area contributed by atoms with Gasteiger partial charge in [0.15, 0.2) is 0 Å². The molecule has 0 saturated carbocycles. The number of rotatable bonds is 14. The van der Waals surface area contributed by atoms with Crippen LogP contribution in [0.25, 0.3) is 0 Å². The zero-order chi connectivity index (χ0) is 17.5. The highest BCUT2D eigenvalue weighted by Gasteiger charge is 2.10. The number of hydrogen-bond acceptors (Lipinski definition) is 4. The standard InChI is InChI=1S/C20H31NO3/c1-2-3-4-5-6-7-8-9-10-13-19(22)15-20(23)24-17-18-12-11-14-21-16-18/h11-12,14,16H,2-10,13,15,17H2,1H3. The first kappa shape index (κ1) is 20.3. The third kappa shape index (κ3) is 10.9. The number of ether oxygens (including phenoxy) is 1. The third-order valence-corrected chi connectivity index (χ3v) is 4.02. The van der Waals surface area contributed by atoms with Gasteiger partial charge >= 0.3 is 5.97 Å². The topological polar surface area (TPSA) is 56.3 Å². The molecule has 1 rings (SSSR count). The van der Waals surface area contributed by atoms with Gasteiger partial charge in [-0.25, -0.2) is 0 Å². The molecule has 134 valence electrons. The van der Waals surface area contributed by atoms with Crippen molar-refractivity contribution in [1.29, 1.82) is 0 Å². The van der Waals surface area contributed by atoms with Gasteiger partial charge in [0.05, 0.1) is 0 Å². The molecule has 0 aliphatic carbocycles. The van der Waals surface area contributed by atoms with Gasteiger partial charge < -0.3 is 4.74 Å². The summed E-state index contributed by atoms with van der Waals surface area (Å²) in [6.45, 7) is 2.41. The molecule has 24 heavy (non-hydrogen) atoms. The average molecular weight is 333 g/mol. The quantitative estimate of drug-likeness (QED) is 0.273. The van der Waals surface area contributed by atoms with Crippen LogP contribution in [-0.4, -0.2) is 16.7 Å². The summed E-state index contributed by atoms with van der Waals surface area (Å²) in [6.07, 6.45) is 14.7. The Morgan fingerprint density at radius 1 is 1.00 bits per heavy atom. The zero-order valence-electron chi connectivity index (χ0n) is 15.0. The van der Waals surface area contributed by atoms with Crippen LogP contribution in [-0.2, 0) is 20.9 Å². The molecule has 0 fully saturated rings. The number of pyridine rings is 1. The molecule has 0 atom stereocenters. The van der Waals surface area contributed by atoms with Gasteiger partial charge in [-0.1, -0.05) is 64.4 Å². The number of carbonyl (C=O) groups is 2. The Kier molecular flexibility index (Phi) is 11.6. The molecule has 0 saturated heterocycles. The van der Waals surface area contributed by atoms with E-state index in [2.05, 4.69) is 11.9 Å². The molecule has 0 amide bonds. The number of hydrogen-bond donors (Lipinski definition) is 0. The van der Waals surface area contributed by atoms with E-state index >= 15 is 0 Å². The zero-order valence-corrected chi connectivity index (χ0v) is 15.0. The lowest BCUT2D eigenvalue weighted by Crippen LogP contribution is -2.11. The maximum Gasteiger partial charge on any atom is 0.313 e. The Hall–Kier alpha value is -1.71. The normalized spacial score (nSPS) is 10.5. The maximum atomic E-state index is 11.8. The average Bonchev–Trinajstić information content (AvgIpc) is 2.59. The number of nitrogens with zero attached hydrogens (tertiary/aromatic N) is 1. The van der Waals surface area contributed by atoms with Crippen molar-refractivity contribution >= 4 is 11.8 Å². The number of carbonyl (C=O) groups excluding carboxylic acids is 2. The van der Waals surface area contributed by atoms with Crippen LogP contribution in [0.1, 0.15) is 83.1 Å². The van der Waals surface area contributed by atoms with Gasteiger partial charge in [-0.15, -0.1) is 0 Å². The second-order valence-electron chi connectivity index (χ2n) is 6.32. The number of ketones is 1. The third-order valence-electron chi connectivity index (χ3n) is 4.02. The van der Waals surface area contributed by atoms with Gasteiger partial charge in [0.25, 0.3) is 0 Å². The van der Waals surface area contributed by atoms with Gasteiger partial charge in [0.2, 0.25) is 0 Å². The number of unbranched alkanes of at least 4 members (excludes halogenated alkanes) is 8. The lowest BCUT2D eigenvalue weighted by atomic mass is 10.0. The van der Waals surface area contributed by atoms with Crippen molar-refractivity contribution in [3.63, 3.8) is 0 Å². The van der Waals surface area contributed by atoms with Crippen molar-refractivity contribution in [2.24, 2.45) is 0 Å². The highest BCUT2D eigenvalue weighted by molar-refractivity contribution is 5.95. The molecule has 0 unspecified atom stereocenters. The van der Waals surface area contributed by atoms with Crippen LogP contribution in [0.4, 0.5) is 0 Å². The molecule has 0 aliphatic heterocycles. The highest BCUT2D eigenvalue weighted by Crippen LogP contribution is 2.11. The first-order chi connectivity index (χ1) is 11.7. The van der Waals surface area contributed by atoms with Gasteiger partial charge in [-0.2, -0.15) is 0 Å². The van der Waals surface area contributed by atoms with E-state index in [1.807, 2.05) is 6.07 Å². The van der Waals surface area contributed by atoms with Crippen LogP contribution < -0.4 is 0 Å². The highest BCUT2D eigenvalue weighted by atomic mass is 16.5. The number of aromatic nitrogens is 1. The molecule has 1 aromatic rings. The fourth-order valence-corrected chi connectivity index (χ4v) is 2.58. The van der Waals surface area contributed by atoms with Crippen molar-refractivity contribution in [3.05, 3.63) is 30.1 Å². The van der Waals surface area contributed by atoms with Gasteiger partial charge in [-0.05, 0) is 12.5 Å². The summed E-state index contributed by atoms with van der Waals surface area (Å²) in [4.78, 5) is 27.3. The van der Waals surface area contributed by atoms with Crippen molar-refractivity contribution in [2.45, 2.75) is 84.2 Å². The van der Waals surface area contributed by atoms with Crippen molar-refractivity contribution in [3.8, 4) is 0 Å². The summed E-state index contributed by atoms with van der Waals surface area (Å²) in [5.74, 6) is -0.464. The predicted octanol–water partition coefficient (Wildman–Crippen LogP) is 5.00. The monoisotopic (exact) mass is 333 g/mol. The number of esters is 1. The molecule has 0 aromatic carbocycles. The Morgan fingerprint density at radius 3 is 2.29 bits per heavy atom. The SMILES string of the molecule is CCCCCCCCCCCC(=O)CC(=O)OCc1cccnc1. The lowest BCUT2D eigenvalue weighted by molar-refractivity contribution is -0.147. The summed E-state index contributed by atoms with van der Waals surface area (Å²) in [7, 11) is 0. The second-order valence-corrected chi connectivity index (χ2v) is 6.32. The minimum Gasteiger partial charge on any atom is -0.460 e. The second kappa shape index (κ2) is 13.7. The Morgan fingerprint density at radius 2 is 1.67 bits per heavy atom. The molecule has 4 heteroatoms. The smallest absolute Gasteiger partial charge is 0.313 e. The fourth-order valence-electron chi connectivity index (χ4n) is 2.58. The minimum absolute atomic E-state index is 0.0193. The molecule has 1 heterocycles. The van der Waals surface area contributed by atoms with E-state index in [-0.39, 0.29) is 18.8 Å². The molecule has 4 nitrogen and oxygen atoms in total. The molecule has 0 spiro atoms. The van der Waals surface area contributed by atoms with Crippen molar-refractivity contribution in [1.82, 2.24) is 4.98 Å². The molecule has 0 N–H and O–H groups in total. The Bertz CT molecular complexity index is 459. The molecular weight excluding hydrogens is 302 g/mol. The van der Waals surface area contributed by atoms with E-state index in [0.717, 1.165) is 18.4 Å². The van der Waals surface area contributed by atoms with Crippen LogP contribution in [0.2, 0.25) is 0 Å². The van der Waals surface area contributed by atoms with Gasteiger partial charge in [0, 0.05) is 24.4 Å². The predicted molar refractivity (Wildman–Crippen MR) is 95.5 cm³/mol. The minimum atomic E-state index is -0.445. The van der Waals surface area contributed by atoms with E-state index < -0.39 is 5.97 Å². The lowest BCUT2D eigenvalue weighted by Gasteiger charge is -2.04. The van der Waals surface area contributed by atoms with Crippen molar-refractivity contribution in [2.75, 3.05) is 0 Å². The van der Waals surface area contributed by atoms with Gasteiger partial charge in [-0.3, -0.25) is 14.6 Å². The van der Waals surface area contributed by atoms with E-state index in [9.17, 15) is 9.59 Å². The van der Waals surface area contributed by atoms with Crippen LogP contribution in [0, 0.1) is 0 Å². The summed E-state index contributed by atoms with van der Waals surface area (Å²) < 4.78 is 5.09. The Balaban J connectivity index is 1.96. The summed E-state index contributed by atoms with van der Waals surface area (Å²) >= 11 is 0. The van der Waals surface area contributed by atoms with E-state index in [0.29, 0.717) is 6.42 Å². The van der Waals surface area contributed by atoms with Crippen LogP contribution >= 0.6 is 0 Å². The summed E-state index contributed by atoms with van der Waals surface area (Å²) in [5, 5.41) is 0. The molecule has 0 radical (unpaired) electrons.